The highest BCUT2D eigenvalue weighted by molar-refractivity contribution is 4.66. The minimum Gasteiger partial charge on any atom is -0.282 e. The van der Waals surface area contributed by atoms with Gasteiger partial charge in [-0.15, -0.1) is 0 Å². The molecule has 11 heavy (non-hydrogen) atoms. The molecule has 0 unspecified atom stereocenters. The minimum absolute atomic E-state index is 0.142. The van der Waals surface area contributed by atoms with Crippen molar-refractivity contribution >= 4 is 0 Å². The molecule has 0 aliphatic heterocycles. The molecule has 0 fully saturated rings. The lowest BCUT2D eigenvalue weighted by Gasteiger charge is -1.93. The van der Waals surface area contributed by atoms with Crippen LogP contribution >= 0.6 is 0 Å². The van der Waals surface area contributed by atoms with Crippen molar-refractivity contribution in [3.05, 3.63) is 16.8 Å². The average molecular weight is 163 g/mol. The van der Waals surface area contributed by atoms with Crippen molar-refractivity contribution in [3.63, 3.8) is 0 Å². The molecule has 1 rings (SSSR count). The van der Waals surface area contributed by atoms with E-state index in [2.05, 4.69) is 5.10 Å². The number of aromatic nitrogens is 3. The van der Waals surface area contributed by atoms with E-state index in [0.29, 0.717) is 6.54 Å². The monoisotopic (exact) mass is 163 g/mol. The molecule has 0 bridgehead atoms. The van der Waals surface area contributed by atoms with Crippen LogP contribution in [0.3, 0.4) is 0 Å². The molecule has 0 atom stereocenters. The Morgan fingerprint density at radius 2 is 2.36 bits per heavy atom. The van der Waals surface area contributed by atoms with Crippen LogP contribution in [0.15, 0.2) is 11.1 Å². The summed E-state index contributed by atoms with van der Waals surface area (Å²) in [6.45, 7) is -0.819. The van der Waals surface area contributed by atoms with Crippen LogP contribution in [0.5, 0.6) is 0 Å². The summed E-state index contributed by atoms with van der Waals surface area (Å²) in [5.41, 5.74) is -0.775. The molecule has 0 amide bonds. The predicted octanol–water partition coefficient (Wildman–Crippen LogP) is 0.460. The molecule has 0 spiro atoms. The maximum absolute atomic E-state index is 11.9. The summed E-state index contributed by atoms with van der Waals surface area (Å²) in [4.78, 5) is 10.8. The Balaban J connectivity index is 3.11. The molecule has 62 valence electrons. The Kier molecular flexibility index (Phi) is 2.02. The molecule has 0 aliphatic rings. The Hall–Kier alpha value is -1.20. The summed E-state index contributed by atoms with van der Waals surface area (Å²) >= 11 is 0. The molecule has 6 heteroatoms. The summed E-state index contributed by atoms with van der Waals surface area (Å²) in [6, 6.07) is 0. The van der Waals surface area contributed by atoms with Gasteiger partial charge >= 0.3 is 12.2 Å². The first-order valence-corrected chi connectivity index (χ1v) is 3.09. The number of halogens is 2. The van der Waals surface area contributed by atoms with Gasteiger partial charge in [-0.05, 0) is 6.92 Å². The number of rotatable bonds is 2. The lowest BCUT2D eigenvalue weighted by atomic mass is 10.7. The second-order valence-electron chi connectivity index (χ2n) is 1.92. The third kappa shape index (κ3) is 1.28. The van der Waals surface area contributed by atoms with E-state index in [1.54, 1.807) is 6.92 Å². The van der Waals surface area contributed by atoms with Crippen LogP contribution in [-0.4, -0.2) is 14.3 Å². The summed E-state index contributed by atoms with van der Waals surface area (Å²) < 4.78 is 25.0. The van der Waals surface area contributed by atoms with Crippen molar-refractivity contribution in [2.75, 3.05) is 0 Å². The number of hydrogen-bond acceptors (Lipinski definition) is 2. The van der Waals surface area contributed by atoms with E-state index in [0.717, 1.165) is 10.9 Å². The summed E-state index contributed by atoms with van der Waals surface area (Å²) in [6.07, 6.45) is 1.09. The lowest BCUT2D eigenvalue weighted by molar-refractivity contribution is 0.0520. The Morgan fingerprint density at radius 1 is 1.73 bits per heavy atom. The average Bonchev–Trinajstić information content (AvgIpc) is 2.30. The van der Waals surface area contributed by atoms with Gasteiger partial charge in [-0.2, -0.15) is 18.6 Å². The lowest BCUT2D eigenvalue weighted by Crippen LogP contribution is -2.24. The van der Waals surface area contributed by atoms with Gasteiger partial charge in [0.25, 0.3) is 0 Å². The second-order valence-corrected chi connectivity index (χ2v) is 1.92. The van der Waals surface area contributed by atoms with Gasteiger partial charge in [0.05, 0.1) is 0 Å². The highest BCUT2D eigenvalue weighted by Crippen LogP contribution is 2.02. The molecule has 0 aromatic carbocycles. The third-order valence-corrected chi connectivity index (χ3v) is 1.28. The van der Waals surface area contributed by atoms with Crippen molar-refractivity contribution in [1.82, 2.24) is 14.3 Å². The Bertz CT molecular complexity index is 290. The van der Waals surface area contributed by atoms with E-state index >= 15 is 0 Å². The van der Waals surface area contributed by atoms with Crippen LogP contribution in [0.25, 0.3) is 0 Å². The van der Waals surface area contributed by atoms with Gasteiger partial charge in [0, 0.05) is 6.54 Å². The van der Waals surface area contributed by atoms with E-state index in [9.17, 15) is 13.6 Å². The van der Waals surface area contributed by atoms with Crippen LogP contribution in [-0.2, 0) is 6.54 Å². The summed E-state index contributed by atoms with van der Waals surface area (Å²) in [7, 11) is 0. The quantitative estimate of drug-likeness (QED) is 0.635. The molecule has 1 heterocycles. The summed E-state index contributed by atoms with van der Waals surface area (Å²) in [5.74, 6) is 0. The third-order valence-electron chi connectivity index (χ3n) is 1.28. The van der Waals surface area contributed by atoms with Crippen LogP contribution in [0.2, 0.25) is 0 Å². The first-order valence-electron chi connectivity index (χ1n) is 3.09. The van der Waals surface area contributed by atoms with E-state index in [1.165, 1.54) is 0 Å². The van der Waals surface area contributed by atoms with Crippen molar-refractivity contribution in [3.8, 4) is 0 Å². The smallest absolute Gasteiger partial charge is 0.282 e. The maximum Gasteiger partial charge on any atom is 0.350 e. The molecule has 0 radical (unpaired) electrons. The van der Waals surface area contributed by atoms with Gasteiger partial charge in [0.2, 0.25) is 0 Å². The molecule has 0 aliphatic carbocycles. The maximum atomic E-state index is 11.9. The molecule has 0 N–H and O–H groups in total. The van der Waals surface area contributed by atoms with Crippen LogP contribution in [0, 0.1) is 0 Å². The van der Waals surface area contributed by atoms with Crippen molar-refractivity contribution in [2.45, 2.75) is 20.0 Å². The largest absolute Gasteiger partial charge is 0.350 e. The fraction of sp³-hybridized carbons (Fsp3) is 0.600. The normalized spacial score (nSPS) is 10.9. The molecular weight excluding hydrogens is 156 g/mol. The van der Waals surface area contributed by atoms with Gasteiger partial charge in [0.15, 0.2) is 0 Å². The molecule has 1 aromatic heterocycles. The van der Waals surface area contributed by atoms with E-state index in [-0.39, 0.29) is 4.68 Å². The van der Waals surface area contributed by atoms with Crippen LogP contribution in [0.1, 0.15) is 13.5 Å². The highest BCUT2D eigenvalue weighted by Gasteiger charge is 2.11. The zero-order valence-electron chi connectivity index (χ0n) is 5.87. The van der Waals surface area contributed by atoms with Gasteiger partial charge < -0.3 is 0 Å². The van der Waals surface area contributed by atoms with Crippen LogP contribution in [0.4, 0.5) is 8.78 Å². The number of hydrogen-bond donors (Lipinski definition) is 0. The topological polar surface area (TPSA) is 39.8 Å². The molecule has 0 saturated heterocycles. The number of alkyl halides is 2. The fourth-order valence-corrected chi connectivity index (χ4v) is 0.699. The van der Waals surface area contributed by atoms with Gasteiger partial charge in [0.1, 0.15) is 6.33 Å². The Morgan fingerprint density at radius 3 is 2.64 bits per heavy atom. The number of nitrogens with zero attached hydrogens (tertiary/aromatic N) is 3. The molecular formula is C5H7F2N3O. The van der Waals surface area contributed by atoms with Gasteiger partial charge in [-0.3, -0.25) is 4.57 Å². The standard InChI is InChI=1S/C5H7F2N3O/c1-2-9-3-8-10(4(6)7)5(9)11/h3-4H,2H2,1H3. The second kappa shape index (κ2) is 2.81. The molecule has 4 nitrogen and oxygen atoms in total. The number of aryl methyl sites for hydroxylation is 1. The summed E-state index contributed by atoms with van der Waals surface area (Å²) in [5, 5.41) is 3.20. The van der Waals surface area contributed by atoms with Gasteiger partial charge in [-0.25, -0.2) is 4.79 Å². The van der Waals surface area contributed by atoms with Crippen molar-refractivity contribution < 1.29 is 8.78 Å². The van der Waals surface area contributed by atoms with E-state index in [4.69, 9.17) is 0 Å². The SMILES string of the molecule is CCn1cnn(C(F)F)c1=O. The zero-order valence-corrected chi connectivity index (χ0v) is 5.87. The minimum atomic E-state index is -2.85. The van der Waals surface area contributed by atoms with Crippen LogP contribution < -0.4 is 5.69 Å². The van der Waals surface area contributed by atoms with Crippen molar-refractivity contribution in [1.29, 1.82) is 0 Å². The van der Waals surface area contributed by atoms with E-state index in [1.807, 2.05) is 0 Å². The zero-order chi connectivity index (χ0) is 8.43. The first-order chi connectivity index (χ1) is 5.16. The first kappa shape index (κ1) is 7.90. The van der Waals surface area contributed by atoms with Crippen molar-refractivity contribution in [2.24, 2.45) is 0 Å². The highest BCUT2D eigenvalue weighted by atomic mass is 19.3. The molecule has 1 aromatic rings. The van der Waals surface area contributed by atoms with E-state index < -0.39 is 12.2 Å². The predicted molar refractivity (Wildman–Crippen MR) is 33.4 cm³/mol. The fourth-order valence-electron chi connectivity index (χ4n) is 0.699. The molecule has 0 saturated carbocycles. The van der Waals surface area contributed by atoms with Gasteiger partial charge in [-0.1, -0.05) is 0 Å². The Labute approximate surface area is 61.1 Å².